The van der Waals surface area contributed by atoms with Crippen LogP contribution in [0, 0.1) is 15.9 Å². The van der Waals surface area contributed by atoms with Crippen molar-refractivity contribution >= 4 is 5.69 Å². The van der Waals surface area contributed by atoms with E-state index < -0.39 is 10.7 Å². The monoisotopic (exact) mass is 282 g/mol. The number of nitro benzene ring substituents is 1. The fourth-order valence-corrected chi connectivity index (χ4v) is 2.65. The second-order valence-electron chi connectivity index (χ2n) is 5.10. The smallest absolute Gasteiger partial charge is 0.272 e. The maximum atomic E-state index is 13.3. The van der Waals surface area contributed by atoms with Crippen molar-refractivity contribution in [2.24, 2.45) is 0 Å². The average molecular weight is 282 g/mol. The van der Waals surface area contributed by atoms with Crippen molar-refractivity contribution in [3.8, 4) is 0 Å². The lowest BCUT2D eigenvalue weighted by Gasteiger charge is -2.31. The van der Waals surface area contributed by atoms with Crippen molar-refractivity contribution in [3.05, 3.63) is 39.7 Å². The normalized spacial score (nSPS) is 22.7. The Labute approximate surface area is 117 Å². The number of nitrogens with zero attached hydrogens (tertiary/aromatic N) is 1. The Kier molecular flexibility index (Phi) is 5.03. The molecule has 2 rings (SSSR count). The number of hydrogen-bond donors (Lipinski definition) is 1. The van der Waals surface area contributed by atoms with E-state index in [1.165, 1.54) is 18.6 Å². The molecule has 0 aromatic heterocycles. The maximum Gasteiger partial charge on any atom is 0.272 e. The summed E-state index contributed by atoms with van der Waals surface area (Å²) in [4.78, 5) is 10.1. The highest BCUT2D eigenvalue weighted by molar-refractivity contribution is 5.34. The fourth-order valence-electron chi connectivity index (χ4n) is 2.65. The molecular weight excluding hydrogens is 263 g/mol. The summed E-state index contributed by atoms with van der Waals surface area (Å²) in [5, 5.41) is 13.9. The van der Waals surface area contributed by atoms with Gasteiger partial charge in [-0.3, -0.25) is 10.1 Å². The van der Waals surface area contributed by atoms with Crippen LogP contribution in [0.2, 0.25) is 0 Å². The summed E-state index contributed by atoms with van der Waals surface area (Å²) in [6.45, 7) is 0.196. The third-order valence-corrected chi connectivity index (χ3v) is 3.69. The van der Waals surface area contributed by atoms with Crippen LogP contribution in [0.5, 0.6) is 0 Å². The molecule has 1 saturated carbocycles. The molecule has 2 unspecified atom stereocenters. The summed E-state index contributed by atoms with van der Waals surface area (Å²) in [7, 11) is 1.90. The van der Waals surface area contributed by atoms with Crippen LogP contribution in [-0.2, 0) is 11.3 Å². The topological polar surface area (TPSA) is 64.4 Å². The van der Waals surface area contributed by atoms with E-state index in [0.717, 1.165) is 25.3 Å². The van der Waals surface area contributed by atoms with Crippen molar-refractivity contribution < 1.29 is 14.1 Å². The minimum absolute atomic E-state index is 0.0797. The highest BCUT2D eigenvalue weighted by Crippen LogP contribution is 2.23. The fraction of sp³-hybridized carbons (Fsp3) is 0.571. The summed E-state index contributed by atoms with van der Waals surface area (Å²) < 4.78 is 19.1. The third-order valence-electron chi connectivity index (χ3n) is 3.69. The largest absolute Gasteiger partial charge is 0.372 e. The zero-order valence-electron chi connectivity index (χ0n) is 11.5. The number of nitro groups is 1. The van der Waals surface area contributed by atoms with Gasteiger partial charge in [-0.2, -0.15) is 0 Å². The first-order chi connectivity index (χ1) is 9.60. The average Bonchev–Trinajstić information content (AvgIpc) is 2.44. The van der Waals surface area contributed by atoms with Gasteiger partial charge in [0.25, 0.3) is 5.69 Å². The van der Waals surface area contributed by atoms with Gasteiger partial charge in [0.15, 0.2) is 0 Å². The van der Waals surface area contributed by atoms with Crippen LogP contribution in [0.15, 0.2) is 18.2 Å². The van der Waals surface area contributed by atoms with Gasteiger partial charge in [0, 0.05) is 12.1 Å². The van der Waals surface area contributed by atoms with Crippen molar-refractivity contribution in [1.29, 1.82) is 0 Å². The summed E-state index contributed by atoms with van der Waals surface area (Å²) in [6, 6.07) is 3.86. The molecule has 6 heteroatoms. The molecule has 2 atom stereocenters. The molecule has 1 aliphatic carbocycles. The molecule has 0 aliphatic heterocycles. The molecule has 1 aromatic carbocycles. The number of ether oxygens (including phenoxy) is 1. The number of likely N-dealkylation sites (N-methyl/N-ethyl adjacent to an activating group) is 1. The molecule has 1 aliphatic rings. The number of benzene rings is 1. The molecule has 0 radical (unpaired) electrons. The number of rotatable bonds is 5. The summed E-state index contributed by atoms with van der Waals surface area (Å²) in [5.74, 6) is -0.605. The van der Waals surface area contributed by atoms with Gasteiger partial charge < -0.3 is 10.1 Å². The van der Waals surface area contributed by atoms with E-state index in [4.69, 9.17) is 4.74 Å². The Morgan fingerprint density at radius 3 is 2.85 bits per heavy atom. The van der Waals surface area contributed by atoms with E-state index in [1.807, 2.05) is 7.05 Å². The van der Waals surface area contributed by atoms with Gasteiger partial charge >= 0.3 is 0 Å². The SMILES string of the molecule is CNC1CCCCC1OCc1cc(F)cc([N+](=O)[O-])c1. The van der Waals surface area contributed by atoms with Gasteiger partial charge in [0.1, 0.15) is 5.82 Å². The Balaban J connectivity index is 2.01. The number of halogens is 1. The van der Waals surface area contributed by atoms with E-state index in [2.05, 4.69) is 5.32 Å². The van der Waals surface area contributed by atoms with E-state index >= 15 is 0 Å². The molecule has 1 fully saturated rings. The van der Waals surface area contributed by atoms with Gasteiger partial charge in [-0.15, -0.1) is 0 Å². The number of nitrogens with one attached hydrogen (secondary N) is 1. The first kappa shape index (κ1) is 14.9. The highest BCUT2D eigenvalue weighted by atomic mass is 19.1. The molecule has 1 N–H and O–H groups in total. The van der Waals surface area contributed by atoms with Gasteiger partial charge in [-0.1, -0.05) is 12.8 Å². The van der Waals surface area contributed by atoms with Crippen LogP contribution in [-0.4, -0.2) is 24.1 Å². The zero-order chi connectivity index (χ0) is 14.5. The first-order valence-electron chi connectivity index (χ1n) is 6.83. The highest BCUT2D eigenvalue weighted by Gasteiger charge is 2.24. The predicted octanol–water partition coefficient (Wildman–Crippen LogP) is 2.78. The van der Waals surface area contributed by atoms with Gasteiger partial charge in [0.05, 0.1) is 23.7 Å². The summed E-state index contributed by atoms with van der Waals surface area (Å²) in [5.41, 5.74) is 0.259. The minimum Gasteiger partial charge on any atom is -0.372 e. The quantitative estimate of drug-likeness (QED) is 0.666. The third kappa shape index (κ3) is 3.74. The summed E-state index contributed by atoms with van der Waals surface area (Å²) in [6.07, 6.45) is 4.40. The second-order valence-corrected chi connectivity index (χ2v) is 5.10. The molecule has 0 bridgehead atoms. The Bertz CT molecular complexity index is 481. The number of hydrogen-bond acceptors (Lipinski definition) is 4. The maximum absolute atomic E-state index is 13.3. The summed E-state index contributed by atoms with van der Waals surface area (Å²) >= 11 is 0. The molecule has 0 saturated heterocycles. The molecule has 5 nitrogen and oxygen atoms in total. The standard InChI is InChI=1S/C14H19FN2O3/c1-16-13-4-2-3-5-14(13)20-9-10-6-11(15)8-12(7-10)17(18)19/h6-8,13-14,16H,2-5,9H2,1H3. The minimum atomic E-state index is -0.605. The Hall–Kier alpha value is -1.53. The van der Waals surface area contributed by atoms with Gasteiger partial charge in [-0.05, 0) is 31.5 Å². The molecule has 0 spiro atoms. The van der Waals surface area contributed by atoms with Gasteiger partial charge in [0.2, 0.25) is 0 Å². The van der Waals surface area contributed by atoms with Crippen LogP contribution < -0.4 is 5.32 Å². The molecule has 0 amide bonds. The van der Waals surface area contributed by atoms with Crippen LogP contribution in [0.3, 0.4) is 0 Å². The van der Waals surface area contributed by atoms with E-state index in [0.29, 0.717) is 11.6 Å². The number of non-ortho nitro benzene ring substituents is 1. The Morgan fingerprint density at radius 1 is 1.40 bits per heavy atom. The molecule has 110 valence electrons. The van der Waals surface area contributed by atoms with Crippen LogP contribution >= 0.6 is 0 Å². The second kappa shape index (κ2) is 6.76. The molecule has 1 aromatic rings. The lowest BCUT2D eigenvalue weighted by molar-refractivity contribution is -0.385. The van der Waals surface area contributed by atoms with E-state index in [9.17, 15) is 14.5 Å². The van der Waals surface area contributed by atoms with Crippen molar-refractivity contribution in [1.82, 2.24) is 5.32 Å². The lowest BCUT2D eigenvalue weighted by Crippen LogP contribution is -2.41. The van der Waals surface area contributed by atoms with Crippen LogP contribution in [0.25, 0.3) is 0 Å². The van der Waals surface area contributed by atoms with E-state index in [-0.39, 0.29) is 18.4 Å². The van der Waals surface area contributed by atoms with Gasteiger partial charge in [-0.25, -0.2) is 4.39 Å². The zero-order valence-corrected chi connectivity index (χ0v) is 11.5. The first-order valence-corrected chi connectivity index (χ1v) is 6.83. The predicted molar refractivity (Wildman–Crippen MR) is 72.9 cm³/mol. The van der Waals surface area contributed by atoms with E-state index in [1.54, 1.807) is 0 Å². The van der Waals surface area contributed by atoms with Crippen molar-refractivity contribution in [3.63, 3.8) is 0 Å². The van der Waals surface area contributed by atoms with Crippen LogP contribution in [0.4, 0.5) is 10.1 Å². The molecule has 0 heterocycles. The van der Waals surface area contributed by atoms with Crippen molar-refractivity contribution in [2.75, 3.05) is 7.05 Å². The molecule has 20 heavy (non-hydrogen) atoms. The van der Waals surface area contributed by atoms with Crippen molar-refractivity contribution in [2.45, 2.75) is 44.4 Å². The van der Waals surface area contributed by atoms with Crippen LogP contribution in [0.1, 0.15) is 31.2 Å². The lowest BCUT2D eigenvalue weighted by atomic mass is 9.92. The molecular formula is C14H19FN2O3. The Morgan fingerprint density at radius 2 is 2.15 bits per heavy atom.